The molecule has 0 radical (unpaired) electrons. The topological polar surface area (TPSA) is 29.3 Å². The van der Waals surface area contributed by atoms with Crippen molar-refractivity contribution < 1.29 is 1.43 Å². The first-order valence-electron chi connectivity index (χ1n) is 27.5. The molecular formula is C76H51BrN2S3. The van der Waals surface area contributed by atoms with Crippen LogP contribution in [0.15, 0.2) is 290 Å². The van der Waals surface area contributed by atoms with Crippen LogP contribution in [0, 0.1) is 0 Å². The maximum absolute atomic E-state index is 6.12. The molecule has 0 saturated heterocycles. The Morgan fingerprint density at radius 3 is 1.12 bits per heavy atom. The van der Waals surface area contributed by atoms with Gasteiger partial charge in [-0.3, -0.25) is 0 Å². The van der Waals surface area contributed by atoms with Crippen molar-refractivity contribution >= 4 is 176 Å². The van der Waals surface area contributed by atoms with Crippen LogP contribution in [0.3, 0.4) is 0 Å². The van der Waals surface area contributed by atoms with Gasteiger partial charge in [-0.15, -0.1) is 34.0 Å². The standard InChI is InChI=1S/C44H27NS2.C20H15N.C12H7BrS.H2/c1-2-14-29-28(12-1)13-9-19-30(29)32-26-27-38(33-16-4-3-15-31(32)33)45(39-22-10-20-36-34-17-5-7-24-41(34)46-43(36)39)40-23-11-21-37-35-18-6-8-25-42(35)47-44(37)40;21-20-13-12-18(17-9-3-4-10-19(17)20)16-11-5-7-14-6-1-2-8-15(14)16;13-10-6-3-5-9-8-4-1-2-7-11(8)14-12(9)10;/h1-27H;1-13H,21H2;1-7H;1H. The number of nitrogen functional groups attached to an aromatic ring is 1. The molecule has 6 heteroatoms. The summed E-state index contributed by atoms with van der Waals surface area (Å²) in [6.45, 7) is 0. The monoisotopic (exact) mass is 1170 g/mol. The van der Waals surface area contributed by atoms with Gasteiger partial charge in [0.2, 0.25) is 0 Å². The highest BCUT2D eigenvalue weighted by atomic mass is 79.9. The fourth-order valence-electron chi connectivity index (χ4n) is 12.1. The number of nitrogens with zero attached hydrogens (tertiary/aromatic N) is 1. The quantitative estimate of drug-likeness (QED) is 0.174. The van der Waals surface area contributed by atoms with Crippen LogP contribution in [0.1, 0.15) is 1.43 Å². The van der Waals surface area contributed by atoms with E-state index < -0.39 is 0 Å². The number of halogens is 1. The van der Waals surface area contributed by atoms with Crippen molar-refractivity contribution in [1.82, 2.24) is 0 Å². The molecule has 0 spiro atoms. The molecular weight excluding hydrogens is 1120 g/mol. The molecule has 0 aliphatic carbocycles. The maximum Gasteiger partial charge on any atom is 0.0641 e. The third-order valence-electron chi connectivity index (χ3n) is 15.9. The predicted molar refractivity (Wildman–Crippen MR) is 368 cm³/mol. The van der Waals surface area contributed by atoms with Crippen LogP contribution >= 0.6 is 49.9 Å². The van der Waals surface area contributed by atoms with Crippen molar-refractivity contribution in [3.05, 3.63) is 290 Å². The molecule has 0 aliphatic heterocycles. The number of rotatable bonds is 5. The van der Waals surface area contributed by atoms with E-state index in [4.69, 9.17) is 5.73 Å². The summed E-state index contributed by atoms with van der Waals surface area (Å²) in [4.78, 5) is 2.53. The van der Waals surface area contributed by atoms with Crippen molar-refractivity contribution in [2.24, 2.45) is 0 Å². The van der Waals surface area contributed by atoms with Crippen molar-refractivity contribution in [3.63, 3.8) is 0 Å². The summed E-state index contributed by atoms with van der Waals surface area (Å²) in [7, 11) is 0. The SMILES string of the molecule is Brc1cccc2c1sc1ccccc12.Nc1ccc(-c2cccc3ccccc23)c2ccccc12.[HH].c1ccc2c(-c3ccc(N(c4cccc5c4sc4ccccc45)c4cccc5c4sc4ccccc45)c4ccccc34)cccc2c1. The van der Waals surface area contributed by atoms with Gasteiger partial charge in [0.1, 0.15) is 0 Å². The van der Waals surface area contributed by atoms with Gasteiger partial charge in [-0.05, 0) is 119 Å². The molecule has 0 aliphatic rings. The highest BCUT2D eigenvalue weighted by Gasteiger charge is 2.24. The molecule has 390 valence electrons. The Morgan fingerprint density at radius 1 is 0.256 bits per heavy atom. The van der Waals surface area contributed by atoms with Gasteiger partial charge in [-0.2, -0.15) is 0 Å². The minimum absolute atomic E-state index is 0. The molecule has 17 aromatic rings. The van der Waals surface area contributed by atoms with Gasteiger partial charge in [0.15, 0.2) is 0 Å². The second-order valence-electron chi connectivity index (χ2n) is 20.5. The lowest BCUT2D eigenvalue weighted by Gasteiger charge is -2.28. The van der Waals surface area contributed by atoms with E-state index in [2.05, 4.69) is 294 Å². The van der Waals surface area contributed by atoms with Crippen molar-refractivity contribution in [3.8, 4) is 22.3 Å². The molecule has 82 heavy (non-hydrogen) atoms. The molecule has 2 N–H and O–H groups in total. The van der Waals surface area contributed by atoms with Gasteiger partial charge in [0, 0.05) is 73.5 Å². The number of fused-ring (bicyclic) bond motifs is 13. The van der Waals surface area contributed by atoms with E-state index in [9.17, 15) is 0 Å². The van der Waals surface area contributed by atoms with E-state index in [0.29, 0.717) is 0 Å². The van der Waals surface area contributed by atoms with Gasteiger partial charge in [-0.1, -0.05) is 237 Å². The molecule has 0 bridgehead atoms. The number of hydrogen-bond donors (Lipinski definition) is 1. The summed E-state index contributed by atoms with van der Waals surface area (Å²) in [5, 5.41) is 17.8. The number of thiophene rings is 3. The van der Waals surface area contributed by atoms with E-state index in [1.165, 1.54) is 142 Å². The maximum atomic E-state index is 6.12. The van der Waals surface area contributed by atoms with Crippen molar-refractivity contribution in [2.45, 2.75) is 0 Å². The number of benzene rings is 14. The lowest BCUT2D eigenvalue weighted by molar-refractivity contribution is 1.34. The molecule has 17 rings (SSSR count). The number of nitrogens with two attached hydrogens (primary N) is 1. The Balaban J connectivity index is 0.000000139. The van der Waals surface area contributed by atoms with Crippen LogP contribution in [-0.2, 0) is 0 Å². The molecule has 3 aromatic heterocycles. The van der Waals surface area contributed by atoms with Crippen LogP contribution < -0.4 is 10.6 Å². The Kier molecular flexibility index (Phi) is 12.8. The normalized spacial score (nSPS) is 11.5. The fraction of sp³-hybridized carbons (Fsp3) is 0. The Morgan fingerprint density at radius 2 is 0.598 bits per heavy atom. The lowest BCUT2D eigenvalue weighted by atomic mass is 9.93. The van der Waals surface area contributed by atoms with Crippen molar-refractivity contribution in [2.75, 3.05) is 10.6 Å². The molecule has 0 fully saturated rings. The second-order valence-corrected chi connectivity index (χ2v) is 24.5. The second kappa shape index (κ2) is 21.1. The third-order valence-corrected chi connectivity index (χ3v) is 20.4. The smallest absolute Gasteiger partial charge is 0.0641 e. The van der Waals surface area contributed by atoms with E-state index in [0.717, 1.165) is 11.1 Å². The molecule has 2 nitrogen and oxygen atoms in total. The first-order valence-corrected chi connectivity index (χ1v) is 30.7. The van der Waals surface area contributed by atoms with Crippen LogP contribution in [0.5, 0.6) is 0 Å². The summed E-state index contributed by atoms with van der Waals surface area (Å²) in [5.41, 5.74) is 15.5. The summed E-state index contributed by atoms with van der Waals surface area (Å²) >= 11 is 9.20. The Hall–Kier alpha value is -9.14. The van der Waals surface area contributed by atoms with Crippen molar-refractivity contribution in [1.29, 1.82) is 0 Å². The number of hydrogen-bond acceptors (Lipinski definition) is 5. The highest BCUT2D eigenvalue weighted by molar-refractivity contribution is 9.10. The summed E-state index contributed by atoms with van der Waals surface area (Å²) in [6.07, 6.45) is 0. The predicted octanol–water partition coefficient (Wildman–Crippen LogP) is 24.2. The van der Waals surface area contributed by atoms with Crippen LogP contribution in [-0.4, -0.2) is 0 Å². The first-order chi connectivity index (χ1) is 40.5. The van der Waals surface area contributed by atoms with E-state index in [1.54, 1.807) is 0 Å². The van der Waals surface area contributed by atoms with E-state index in [1.807, 2.05) is 46.1 Å². The molecule has 3 heterocycles. The summed E-state index contributed by atoms with van der Waals surface area (Å²) in [5.74, 6) is 0. The first kappa shape index (κ1) is 49.9. The molecule has 0 saturated carbocycles. The van der Waals surface area contributed by atoms with Gasteiger partial charge in [-0.25, -0.2) is 0 Å². The zero-order chi connectivity index (χ0) is 54.7. The molecule has 0 atom stereocenters. The average molecular weight is 1170 g/mol. The molecule has 0 unspecified atom stereocenters. The van der Waals surface area contributed by atoms with Crippen LogP contribution in [0.2, 0.25) is 0 Å². The molecule has 0 amide bonds. The fourth-order valence-corrected chi connectivity index (χ4v) is 16.2. The van der Waals surface area contributed by atoms with Crippen LogP contribution in [0.4, 0.5) is 22.7 Å². The third kappa shape index (κ3) is 8.66. The Bertz CT molecular complexity index is 5190. The minimum Gasteiger partial charge on any atom is -0.398 e. The van der Waals surface area contributed by atoms with Crippen LogP contribution in [0.25, 0.3) is 126 Å². The lowest BCUT2D eigenvalue weighted by Crippen LogP contribution is -2.11. The van der Waals surface area contributed by atoms with Gasteiger partial charge >= 0.3 is 0 Å². The summed E-state index contributed by atoms with van der Waals surface area (Å²) in [6, 6.07) is 102. The van der Waals surface area contributed by atoms with Gasteiger partial charge in [0.25, 0.3) is 0 Å². The highest BCUT2D eigenvalue weighted by Crippen LogP contribution is 2.51. The Labute approximate surface area is 496 Å². The number of anilines is 4. The summed E-state index contributed by atoms with van der Waals surface area (Å²) < 4.78 is 9.11. The largest absolute Gasteiger partial charge is 0.398 e. The van der Waals surface area contributed by atoms with E-state index in [-0.39, 0.29) is 1.43 Å². The van der Waals surface area contributed by atoms with Gasteiger partial charge < -0.3 is 10.6 Å². The van der Waals surface area contributed by atoms with E-state index >= 15 is 0 Å². The molecule has 14 aromatic carbocycles. The van der Waals surface area contributed by atoms with Gasteiger partial charge in [0.05, 0.1) is 26.5 Å². The average Bonchev–Trinajstić information content (AvgIpc) is 4.41. The zero-order valence-electron chi connectivity index (χ0n) is 44.3. The minimum atomic E-state index is 0. The zero-order valence-corrected chi connectivity index (χ0v) is 48.3.